The molecule has 0 aromatic carbocycles. The van der Waals surface area contributed by atoms with Crippen LogP contribution in [0.25, 0.3) is 0 Å². The summed E-state index contributed by atoms with van der Waals surface area (Å²) in [5, 5.41) is 5.34. The van der Waals surface area contributed by atoms with Crippen molar-refractivity contribution in [1.82, 2.24) is 10.6 Å². The number of carbonyl (C=O) groups excluding carboxylic acids is 5. The van der Waals surface area contributed by atoms with Crippen LogP contribution in [0.2, 0.25) is 0 Å². The average Bonchev–Trinajstić information content (AvgIpc) is 3.73. The second-order valence-corrected chi connectivity index (χ2v) is 12.5. The van der Waals surface area contributed by atoms with Crippen LogP contribution >= 0.6 is 0 Å². The van der Waals surface area contributed by atoms with Gasteiger partial charge >= 0.3 is 12.1 Å². The van der Waals surface area contributed by atoms with E-state index in [2.05, 4.69) is 22.3 Å². The third kappa shape index (κ3) is 13.8. The lowest BCUT2D eigenvalue weighted by Gasteiger charge is -2.35. The highest BCUT2D eigenvalue weighted by molar-refractivity contribution is 6.36. The van der Waals surface area contributed by atoms with Gasteiger partial charge in [0.2, 0.25) is 5.91 Å². The van der Waals surface area contributed by atoms with Crippen LogP contribution in [0.4, 0.5) is 9.18 Å². The lowest BCUT2D eigenvalue weighted by atomic mass is 9.77. The molecule has 0 aromatic heterocycles. The second kappa shape index (κ2) is 16.8. The number of unbranched alkanes of at least 4 members (excludes halogenated alkanes) is 1. The summed E-state index contributed by atoms with van der Waals surface area (Å²) in [4.78, 5) is 59.0. The predicted octanol–water partition coefficient (Wildman–Crippen LogP) is 4.17. The van der Waals surface area contributed by atoms with Gasteiger partial charge in [-0.25, -0.2) is 14.0 Å². The maximum absolute atomic E-state index is 13.8. The minimum absolute atomic E-state index is 0.0418. The number of ether oxygens (including phenoxy) is 2. The van der Waals surface area contributed by atoms with Gasteiger partial charge in [-0.3, -0.25) is 14.4 Å². The van der Waals surface area contributed by atoms with Crippen molar-refractivity contribution in [3.05, 3.63) is 0 Å². The Kier molecular flexibility index (Phi) is 14.9. The Labute approximate surface area is 244 Å². The smallest absolute Gasteiger partial charge is 0.408 e. The molecule has 4 N–H and O–H groups in total. The first-order valence-electron chi connectivity index (χ1n) is 14.9. The van der Waals surface area contributed by atoms with Crippen molar-refractivity contribution < 1.29 is 37.8 Å². The summed E-state index contributed by atoms with van der Waals surface area (Å²) in [6, 6.07) is -1.35. The van der Waals surface area contributed by atoms with Gasteiger partial charge in [-0.2, -0.15) is 0 Å². The predicted molar refractivity (Wildman–Crippen MR) is 154 cm³/mol. The Morgan fingerprint density at radius 1 is 1.07 bits per heavy atom. The minimum atomic E-state index is -1.17. The van der Waals surface area contributed by atoms with E-state index >= 15 is 0 Å². The van der Waals surface area contributed by atoms with Crippen LogP contribution < -0.4 is 16.4 Å². The number of hydrogen-bond donors (Lipinski definition) is 3. The number of esters is 1. The zero-order valence-electron chi connectivity index (χ0n) is 26.0. The van der Waals surface area contributed by atoms with Crippen LogP contribution in [0.15, 0.2) is 0 Å². The summed E-state index contributed by atoms with van der Waals surface area (Å²) in [6.07, 6.45) is 6.80. The highest BCUT2D eigenvalue weighted by Crippen LogP contribution is 2.36. The number of carbonyl (C=O) groups is 5. The molecule has 0 spiro atoms. The van der Waals surface area contributed by atoms with E-state index in [9.17, 15) is 28.4 Å². The highest BCUT2D eigenvalue weighted by atomic mass is 19.1. The van der Waals surface area contributed by atoms with Crippen molar-refractivity contribution in [2.24, 2.45) is 23.5 Å². The molecule has 2 aliphatic rings. The van der Waals surface area contributed by atoms with Crippen molar-refractivity contribution in [2.75, 3.05) is 13.7 Å². The fraction of sp³-hybridized carbons (Fsp3) is 0.833. The summed E-state index contributed by atoms with van der Waals surface area (Å²) in [5.41, 5.74) is 3.56. The van der Waals surface area contributed by atoms with E-state index < -0.39 is 41.2 Å². The zero-order chi connectivity index (χ0) is 31.4. The molecule has 10 nitrogen and oxygen atoms in total. The van der Waals surface area contributed by atoms with Crippen LogP contribution in [0.1, 0.15) is 106 Å². The Hall–Kier alpha value is -2.56. The average molecular weight is 586 g/mol. The number of hydrogen-bond acceptors (Lipinski definition) is 8. The molecule has 0 bridgehead atoms. The van der Waals surface area contributed by atoms with Crippen LogP contribution in [0, 0.1) is 17.8 Å². The molecular formula is C30H52FN3O7. The molecule has 2 rings (SSSR count). The number of alkyl halides is 1. The number of Topliss-reactive ketones (excluding diaryl/α,β-unsaturated/α-hetero) is 2. The van der Waals surface area contributed by atoms with Crippen LogP contribution in [0.3, 0.4) is 0 Å². The largest absolute Gasteiger partial charge is 0.463 e. The fourth-order valence-corrected chi connectivity index (χ4v) is 4.69. The quantitative estimate of drug-likeness (QED) is 0.203. The maximum atomic E-state index is 13.8. The first-order valence-corrected chi connectivity index (χ1v) is 14.9. The minimum Gasteiger partial charge on any atom is -0.463 e. The molecule has 0 aliphatic heterocycles. The van der Waals surface area contributed by atoms with E-state index in [4.69, 9.17) is 10.5 Å². The van der Waals surface area contributed by atoms with Gasteiger partial charge in [0.1, 0.15) is 11.3 Å². The Morgan fingerprint density at radius 2 is 1.66 bits per heavy atom. The molecule has 0 radical (unpaired) electrons. The summed E-state index contributed by atoms with van der Waals surface area (Å²) in [6.45, 7) is 10.5. The van der Waals surface area contributed by atoms with Crippen molar-refractivity contribution in [1.29, 1.82) is 0 Å². The summed E-state index contributed by atoms with van der Waals surface area (Å²) in [5.74, 6) is -1.54. The topological polar surface area (TPSA) is 154 Å². The van der Waals surface area contributed by atoms with Crippen LogP contribution in [0.5, 0.6) is 0 Å². The number of ketones is 2. The van der Waals surface area contributed by atoms with Gasteiger partial charge in [-0.05, 0) is 78.1 Å². The van der Waals surface area contributed by atoms with Crippen molar-refractivity contribution in [3.63, 3.8) is 0 Å². The second-order valence-electron chi connectivity index (χ2n) is 12.5. The monoisotopic (exact) mass is 585 g/mol. The Morgan fingerprint density at radius 3 is 2.12 bits per heavy atom. The van der Waals surface area contributed by atoms with E-state index in [1.54, 1.807) is 20.8 Å². The van der Waals surface area contributed by atoms with Gasteiger partial charge in [0, 0.05) is 12.5 Å². The van der Waals surface area contributed by atoms with Gasteiger partial charge in [0.05, 0.1) is 19.2 Å². The van der Waals surface area contributed by atoms with E-state index in [0.29, 0.717) is 38.0 Å². The number of amides is 2. The van der Waals surface area contributed by atoms with Crippen LogP contribution in [-0.4, -0.2) is 66.5 Å². The summed E-state index contributed by atoms with van der Waals surface area (Å²) < 4.78 is 23.5. The van der Waals surface area contributed by atoms with Gasteiger partial charge in [-0.15, -0.1) is 0 Å². The van der Waals surface area contributed by atoms with Gasteiger partial charge in [0.25, 0.3) is 5.78 Å². The molecule has 2 aliphatic carbocycles. The molecule has 2 saturated carbocycles. The van der Waals surface area contributed by atoms with Crippen LogP contribution in [-0.2, 0) is 28.7 Å². The summed E-state index contributed by atoms with van der Waals surface area (Å²) in [7, 11) is 1.18. The first-order chi connectivity index (χ1) is 19.1. The van der Waals surface area contributed by atoms with Crippen molar-refractivity contribution in [3.8, 4) is 0 Å². The Bertz CT molecular complexity index is 895. The molecule has 0 heterocycles. The van der Waals surface area contributed by atoms with Gasteiger partial charge in [0.15, 0.2) is 5.78 Å². The lowest BCUT2D eigenvalue weighted by molar-refractivity contribution is -0.153. The number of rotatable bonds is 14. The molecule has 0 aromatic rings. The van der Waals surface area contributed by atoms with Crippen molar-refractivity contribution in [2.45, 2.75) is 129 Å². The van der Waals surface area contributed by atoms with E-state index in [0.717, 1.165) is 32.1 Å². The lowest BCUT2D eigenvalue weighted by Crippen LogP contribution is -2.49. The molecule has 3 unspecified atom stereocenters. The maximum Gasteiger partial charge on any atom is 0.408 e. The normalized spacial score (nSPS) is 22.6. The van der Waals surface area contributed by atoms with Crippen molar-refractivity contribution >= 4 is 29.5 Å². The number of alkyl carbamates (subject to hydrolysis) is 1. The number of halogens is 1. The fourth-order valence-electron chi connectivity index (χ4n) is 4.69. The van der Waals surface area contributed by atoms with Gasteiger partial charge < -0.3 is 25.8 Å². The van der Waals surface area contributed by atoms with E-state index in [-0.39, 0.29) is 30.1 Å². The number of nitrogens with one attached hydrogen (secondary N) is 2. The number of nitrogens with two attached hydrogens (primary N) is 1. The first kappa shape index (κ1) is 36.5. The molecule has 236 valence electrons. The standard InChI is InChI=1S/C15H27FN2O3.C15H25NO4/c1-10(19)12(11-5-7-15(4,16)8-6-11)18-13(20)21-14(2,3)9-17;1-4-5-6-10(2)14(18)16-12(9-11-7-8-11)13(17)15(19)20-3/h11-12H,5-9,17H2,1-4H3,(H,18,20);10-12H,4-9H2,1-3H3,(H,16,18). The van der Waals surface area contributed by atoms with E-state index in [1.807, 2.05) is 6.92 Å². The highest BCUT2D eigenvalue weighted by Gasteiger charge is 2.37. The third-order valence-corrected chi connectivity index (χ3v) is 7.84. The molecule has 2 amide bonds. The molecule has 11 heteroatoms. The number of methoxy groups -OCH3 is 1. The molecule has 2 fully saturated rings. The van der Waals surface area contributed by atoms with Gasteiger partial charge in [-0.1, -0.05) is 39.5 Å². The molecule has 41 heavy (non-hydrogen) atoms. The zero-order valence-corrected chi connectivity index (χ0v) is 26.0. The molecule has 0 saturated heterocycles. The van der Waals surface area contributed by atoms with E-state index in [1.165, 1.54) is 14.0 Å². The SMILES string of the molecule is CC(=O)C(NC(=O)OC(C)(C)CN)C1CCC(C)(F)CC1.CCCCC(C)C(=O)NC(CC1CC1)C(=O)C(=O)OC. The summed E-state index contributed by atoms with van der Waals surface area (Å²) >= 11 is 0. The molecule has 3 atom stereocenters. The Balaban J connectivity index is 0.000000410. The molecular weight excluding hydrogens is 533 g/mol. The third-order valence-electron chi connectivity index (χ3n) is 7.84.